The molecular weight excluding hydrogens is 614 g/mol. The van der Waals surface area contributed by atoms with Gasteiger partial charge in [-0.25, -0.2) is 0 Å². The second-order valence-corrected chi connectivity index (χ2v) is 17.4. The topological polar surface area (TPSA) is 0 Å². The van der Waals surface area contributed by atoms with Gasteiger partial charge < -0.3 is 0 Å². The Morgan fingerprint density at radius 2 is 1.48 bits per heavy atom. The Kier molecular flexibility index (Phi) is 10.6. The van der Waals surface area contributed by atoms with Gasteiger partial charge in [-0.2, -0.15) is 0 Å². The average Bonchev–Trinajstić information content (AvgIpc) is 3.12. The van der Waals surface area contributed by atoms with Gasteiger partial charge in [-0.05, 0) is 132 Å². The number of hydrogen-bond donors (Lipinski definition) is 0. The highest BCUT2D eigenvalue weighted by atomic mass is 31.1. The van der Waals surface area contributed by atoms with Gasteiger partial charge in [0.15, 0.2) is 0 Å². The molecule has 3 atom stereocenters. The molecule has 4 aromatic carbocycles. The molecule has 0 nitrogen and oxygen atoms in total. The monoisotopic (exact) mass is 660 g/mol. The van der Waals surface area contributed by atoms with Crippen LogP contribution in [0.4, 0.5) is 0 Å². The Morgan fingerprint density at radius 1 is 0.771 bits per heavy atom. The Balaban J connectivity index is 1.36. The van der Waals surface area contributed by atoms with Crippen LogP contribution >= 0.6 is 15.8 Å². The summed E-state index contributed by atoms with van der Waals surface area (Å²) in [5.74, 6) is 0.472. The average molecular weight is 661 g/mol. The molecule has 4 aromatic rings. The highest BCUT2D eigenvalue weighted by Crippen LogP contribution is 2.42. The number of fused-ring (bicyclic) bond motifs is 2. The summed E-state index contributed by atoms with van der Waals surface area (Å²) < 4.78 is 0. The third-order valence-corrected chi connectivity index (χ3v) is 14.3. The number of allylic oxidation sites excluding steroid dienone is 4. The first-order chi connectivity index (χ1) is 23.3. The Morgan fingerprint density at radius 3 is 2.25 bits per heavy atom. The summed E-state index contributed by atoms with van der Waals surface area (Å²) in [5, 5.41) is 10.6. The molecule has 0 N–H and O–H groups in total. The van der Waals surface area contributed by atoms with E-state index in [1.54, 1.807) is 11.4 Å². The fourth-order valence-electron chi connectivity index (χ4n) is 7.26. The summed E-state index contributed by atoms with van der Waals surface area (Å²) in [5.41, 5.74) is 7.21. The van der Waals surface area contributed by atoms with Gasteiger partial charge >= 0.3 is 0 Å². The van der Waals surface area contributed by atoms with Crippen molar-refractivity contribution >= 4 is 69.5 Å². The number of hydrogen-bond acceptors (Lipinski definition) is 0. The fraction of sp³-hybridized carbons (Fsp3) is 0.174. The zero-order valence-corrected chi connectivity index (χ0v) is 30.3. The zero-order valence-electron chi connectivity index (χ0n) is 28.5. The number of benzene rings is 4. The van der Waals surface area contributed by atoms with Gasteiger partial charge in [0.25, 0.3) is 0 Å². The zero-order chi connectivity index (χ0) is 33.8. The Labute approximate surface area is 289 Å². The second-order valence-electron chi connectivity index (χ2n) is 13.0. The quantitative estimate of drug-likeness (QED) is 0.127. The lowest BCUT2D eigenvalue weighted by atomic mass is 9.83. The van der Waals surface area contributed by atoms with Crippen molar-refractivity contribution in [2.45, 2.75) is 25.4 Å². The minimum absolute atomic E-state index is 0.403. The van der Waals surface area contributed by atoms with Crippen LogP contribution in [-0.4, -0.2) is 19.5 Å². The first-order valence-corrected chi connectivity index (χ1v) is 20.8. The van der Waals surface area contributed by atoms with Crippen molar-refractivity contribution in [1.29, 1.82) is 0 Å². The van der Waals surface area contributed by atoms with Crippen molar-refractivity contribution in [2.24, 2.45) is 5.92 Å². The molecule has 0 radical (unpaired) electrons. The molecule has 0 aromatic heterocycles. The van der Waals surface area contributed by atoms with E-state index >= 15 is 0 Å². The summed E-state index contributed by atoms with van der Waals surface area (Å²) in [6.45, 7) is 25.8. The van der Waals surface area contributed by atoms with E-state index in [1.807, 2.05) is 6.08 Å². The number of rotatable bonds is 11. The molecule has 2 aliphatic rings. The van der Waals surface area contributed by atoms with Crippen molar-refractivity contribution in [3.05, 3.63) is 170 Å². The molecule has 0 saturated carbocycles. The lowest BCUT2D eigenvalue weighted by molar-refractivity contribution is 0.782. The Hall–Kier alpha value is -4.08. The molecule has 48 heavy (non-hydrogen) atoms. The maximum absolute atomic E-state index is 4.42. The van der Waals surface area contributed by atoms with Gasteiger partial charge in [0.05, 0.1) is 0 Å². The van der Waals surface area contributed by atoms with E-state index < -0.39 is 15.8 Å². The third kappa shape index (κ3) is 6.89. The van der Waals surface area contributed by atoms with Gasteiger partial charge in [0, 0.05) is 0 Å². The maximum Gasteiger partial charge on any atom is -0.00289 e. The normalized spacial score (nSPS) is 16.7. The summed E-state index contributed by atoms with van der Waals surface area (Å²) in [6.07, 6.45) is 18.6. The van der Waals surface area contributed by atoms with Crippen LogP contribution in [0.2, 0.25) is 0 Å². The first-order valence-electron chi connectivity index (χ1n) is 16.9. The van der Waals surface area contributed by atoms with Gasteiger partial charge in [-0.1, -0.05) is 158 Å². The summed E-state index contributed by atoms with van der Waals surface area (Å²) in [4.78, 5) is 0. The molecule has 0 saturated heterocycles. The van der Waals surface area contributed by atoms with Crippen LogP contribution in [-0.2, 0) is 6.16 Å². The van der Waals surface area contributed by atoms with Crippen LogP contribution in [0.1, 0.15) is 36.0 Å². The third-order valence-electron chi connectivity index (χ3n) is 9.88. The van der Waals surface area contributed by atoms with Crippen molar-refractivity contribution in [1.82, 2.24) is 0 Å². The summed E-state index contributed by atoms with van der Waals surface area (Å²) in [6, 6.07) is 29.5. The molecular formula is C46H46P2. The predicted octanol–water partition coefficient (Wildman–Crippen LogP) is 6.55. The molecule has 0 bridgehead atoms. The van der Waals surface area contributed by atoms with Crippen molar-refractivity contribution in [3.8, 4) is 0 Å². The second kappa shape index (κ2) is 15.0. The van der Waals surface area contributed by atoms with E-state index in [1.165, 1.54) is 49.0 Å². The molecule has 2 heteroatoms. The largest absolute Gasteiger partial charge is 0.0985 e. The van der Waals surface area contributed by atoms with Crippen molar-refractivity contribution < 1.29 is 0 Å². The van der Waals surface area contributed by atoms with Gasteiger partial charge in [0.1, 0.15) is 0 Å². The van der Waals surface area contributed by atoms with Crippen LogP contribution in [0.3, 0.4) is 0 Å². The first kappa shape index (κ1) is 33.8. The van der Waals surface area contributed by atoms with E-state index in [0.29, 0.717) is 5.92 Å². The molecule has 0 fully saturated rings. The minimum Gasteiger partial charge on any atom is -0.0985 e. The fourth-order valence-corrected chi connectivity index (χ4v) is 12.0. The minimum atomic E-state index is -0.472. The highest BCUT2D eigenvalue weighted by Gasteiger charge is 2.25. The van der Waals surface area contributed by atoms with Crippen LogP contribution in [0.25, 0.3) is 43.0 Å². The molecule has 2 unspecified atom stereocenters. The molecule has 240 valence electrons. The molecule has 2 aliphatic carbocycles. The summed E-state index contributed by atoms with van der Waals surface area (Å²) >= 11 is 0. The van der Waals surface area contributed by atoms with Gasteiger partial charge in [-0.3, -0.25) is 0 Å². The molecule has 0 heterocycles. The van der Waals surface area contributed by atoms with Crippen molar-refractivity contribution in [3.63, 3.8) is 0 Å². The molecule has 0 amide bonds. The predicted molar refractivity (Wildman–Crippen MR) is 219 cm³/mol. The maximum atomic E-state index is 4.42. The highest BCUT2D eigenvalue weighted by molar-refractivity contribution is 7.71. The van der Waals surface area contributed by atoms with Crippen LogP contribution in [0.5, 0.6) is 0 Å². The Bertz CT molecular complexity index is 2300. The summed E-state index contributed by atoms with van der Waals surface area (Å²) in [7, 11) is -0.875. The molecule has 6 rings (SSSR count). The van der Waals surface area contributed by atoms with Crippen molar-refractivity contribution in [2.75, 3.05) is 19.5 Å². The van der Waals surface area contributed by atoms with E-state index in [4.69, 9.17) is 0 Å². The van der Waals surface area contributed by atoms with Gasteiger partial charge in [0.2, 0.25) is 0 Å². The van der Waals surface area contributed by atoms with E-state index in [9.17, 15) is 0 Å². The van der Waals surface area contributed by atoms with Crippen LogP contribution in [0.15, 0.2) is 122 Å². The lowest BCUT2D eigenvalue weighted by Gasteiger charge is -2.29. The van der Waals surface area contributed by atoms with Crippen LogP contribution < -0.4 is 41.9 Å². The van der Waals surface area contributed by atoms with Crippen LogP contribution in [0, 0.1) is 5.92 Å². The van der Waals surface area contributed by atoms with E-state index in [2.05, 4.69) is 149 Å². The molecule has 0 aliphatic heterocycles. The van der Waals surface area contributed by atoms with E-state index in [0.717, 1.165) is 52.6 Å². The van der Waals surface area contributed by atoms with Gasteiger partial charge in [-0.15, -0.1) is 0 Å². The lowest BCUT2D eigenvalue weighted by Crippen LogP contribution is -2.39. The standard InChI is InChI=1S/C46H46P2/c1-8-32(3)35(9-2)29-43-34(5)33(4)25-26-38(43)30-47(6)44-23-14-15-24-45(44)48(7)31-39-28-27-37-18-11-13-21-41(37)46(39)42-22-16-19-36-17-10-12-20-40(36)42/h8-9,11,13-27,29,39H,1-5,10,12,28,30-31H2,6-7H3/b35-29+/t39-,47?,48?/m0/s1. The molecule has 0 spiro atoms. The smallest absolute Gasteiger partial charge is 0.00289 e. The van der Waals surface area contributed by atoms with E-state index in [-0.39, 0.29) is 0 Å². The SMILES string of the molecule is C=CC(=C)/C(C=C)=C/c1c(CP(C)c2ccccc2P(C)C[C@@H]2CC=c3ccccc3=C2c2cccc3c2=CCCC=3)ccc(=C)c1=C.